The molecule has 0 aliphatic heterocycles. The molecular weight excluding hydrogens is 198 g/mol. The van der Waals surface area contributed by atoms with Crippen LogP contribution in [-0.2, 0) is 13.0 Å². The predicted octanol–water partition coefficient (Wildman–Crippen LogP) is 2.37. The molecule has 1 heterocycles. The van der Waals surface area contributed by atoms with Gasteiger partial charge in [0.25, 0.3) is 0 Å². The minimum atomic E-state index is 0.840. The van der Waals surface area contributed by atoms with Crippen molar-refractivity contribution in [1.82, 2.24) is 15.1 Å². The number of unbranched alkanes of at least 4 members (excludes halogenated alkanes) is 1. The fourth-order valence-corrected chi connectivity index (χ4v) is 1.86. The highest BCUT2D eigenvalue weighted by molar-refractivity contribution is 5.03. The standard InChI is InChI=1S/C13H23N3/c1-2-3-9-16-11-12(10-15-16)5-4-8-14-13-6-7-13/h10-11,13-14H,2-9H2,1H3. The fourth-order valence-electron chi connectivity index (χ4n) is 1.86. The molecular formula is C13H23N3. The van der Waals surface area contributed by atoms with Gasteiger partial charge in [0, 0.05) is 18.8 Å². The summed E-state index contributed by atoms with van der Waals surface area (Å²) in [6.45, 7) is 4.44. The summed E-state index contributed by atoms with van der Waals surface area (Å²) in [5.41, 5.74) is 1.38. The van der Waals surface area contributed by atoms with Gasteiger partial charge in [0.1, 0.15) is 0 Å². The van der Waals surface area contributed by atoms with E-state index < -0.39 is 0 Å². The summed E-state index contributed by atoms with van der Waals surface area (Å²) in [5.74, 6) is 0. The van der Waals surface area contributed by atoms with E-state index in [2.05, 4.69) is 28.2 Å². The van der Waals surface area contributed by atoms with Crippen LogP contribution in [0.3, 0.4) is 0 Å². The topological polar surface area (TPSA) is 29.9 Å². The molecule has 16 heavy (non-hydrogen) atoms. The summed E-state index contributed by atoms with van der Waals surface area (Å²) in [6.07, 6.45) is 11.8. The molecule has 1 aromatic rings. The Balaban J connectivity index is 1.61. The van der Waals surface area contributed by atoms with Crippen LogP contribution >= 0.6 is 0 Å². The first-order chi connectivity index (χ1) is 7.88. The van der Waals surface area contributed by atoms with Gasteiger partial charge in [-0.05, 0) is 44.2 Å². The molecule has 0 bridgehead atoms. The van der Waals surface area contributed by atoms with Gasteiger partial charge in [-0.25, -0.2) is 0 Å². The maximum Gasteiger partial charge on any atom is 0.0521 e. The molecule has 0 aromatic carbocycles. The third-order valence-electron chi connectivity index (χ3n) is 3.08. The zero-order valence-corrected chi connectivity index (χ0v) is 10.3. The molecule has 0 radical (unpaired) electrons. The van der Waals surface area contributed by atoms with Crippen molar-refractivity contribution in [2.75, 3.05) is 6.54 Å². The molecule has 0 unspecified atom stereocenters. The summed E-state index contributed by atoms with van der Waals surface area (Å²) in [5, 5.41) is 7.92. The molecule has 1 aromatic heterocycles. The van der Waals surface area contributed by atoms with Crippen LogP contribution < -0.4 is 5.32 Å². The van der Waals surface area contributed by atoms with E-state index in [1.807, 2.05) is 6.20 Å². The van der Waals surface area contributed by atoms with Crippen molar-refractivity contribution in [3.8, 4) is 0 Å². The average molecular weight is 221 g/mol. The van der Waals surface area contributed by atoms with Crippen LogP contribution in [0.1, 0.15) is 44.6 Å². The highest BCUT2D eigenvalue weighted by Gasteiger charge is 2.19. The molecule has 1 fully saturated rings. The maximum absolute atomic E-state index is 4.38. The van der Waals surface area contributed by atoms with Crippen LogP contribution in [-0.4, -0.2) is 22.4 Å². The first-order valence-electron chi connectivity index (χ1n) is 6.63. The number of rotatable bonds is 8. The van der Waals surface area contributed by atoms with Gasteiger partial charge in [-0.15, -0.1) is 0 Å². The summed E-state index contributed by atoms with van der Waals surface area (Å²) in [7, 11) is 0. The number of aryl methyl sites for hydroxylation is 2. The minimum absolute atomic E-state index is 0.840. The highest BCUT2D eigenvalue weighted by Crippen LogP contribution is 2.18. The third kappa shape index (κ3) is 3.97. The largest absolute Gasteiger partial charge is 0.314 e. The lowest BCUT2D eigenvalue weighted by atomic mass is 10.2. The quantitative estimate of drug-likeness (QED) is 0.683. The van der Waals surface area contributed by atoms with Gasteiger partial charge in [0.2, 0.25) is 0 Å². The van der Waals surface area contributed by atoms with Gasteiger partial charge >= 0.3 is 0 Å². The second-order valence-electron chi connectivity index (χ2n) is 4.80. The molecule has 0 saturated heterocycles. The lowest BCUT2D eigenvalue weighted by Gasteiger charge is -2.00. The molecule has 2 rings (SSSR count). The third-order valence-corrected chi connectivity index (χ3v) is 3.08. The van der Waals surface area contributed by atoms with Gasteiger partial charge in [-0.2, -0.15) is 5.10 Å². The van der Waals surface area contributed by atoms with Gasteiger partial charge in [0.15, 0.2) is 0 Å². The monoisotopic (exact) mass is 221 g/mol. The molecule has 1 aliphatic carbocycles. The van der Waals surface area contributed by atoms with Crippen LogP contribution in [0.2, 0.25) is 0 Å². The smallest absolute Gasteiger partial charge is 0.0521 e. The van der Waals surface area contributed by atoms with Crippen molar-refractivity contribution in [1.29, 1.82) is 0 Å². The molecule has 3 heteroatoms. The van der Waals surface area contributed by atoms with Crippen LogP contribution in [0.25, 0.3) is 0 Å². The molecule has 0 spiro atoms. The molecule has 1 N–H and O–H groups in total. The van der Waals surface area contributed by atoms with Gasteiger partial charge in [0.05, 0.1) is 6.20 Å². The first-order valence-corrected chi connectivity index (χ1v) is 6.63. The van der Waals surface area contributed by atoms with Crippen LogP contribution in [0, 0.1) is 0 Å². The molecule has 90 valence electrons. The van der Waals surface area contributed by atoms with Crippen LogP contribution in [0.5, 0.6) is 0 Å². The normalized spacial score (nSPS) is 15.6. The van der Waals surface area contributed by atoms with E-state index in [-0.39, 0.29) is 0 Å². The number of hydrogen-bond acceptors (Lipinski definition) is 2. The first kappa shape index (κ1) is 11.6. The van der Waals surface area contributed by atoms with Crippen molar-refractivity contribution >= 4 is 0 Å². The lowest BCUT2D eigenvalue weighted by Crippen LogP contribution is -2.17. The van der Waals surface area contributed by atoms with Crippen molar-refractivity contribution < 1.29 is 0 Å². The second kappa shape index (κ2) is 6.04. The Morgan fingerprint density at radius 2 is 2.31 bits per heavy atom. The summed E-state index contributed by atoms with van der Waals surface area (Å²) in [4.78, 5) is 0. The average Bonchev–Trinajstić information content (AvgIpc) is 3.01. The van der Waals surface area contributed by atoms with Crippen LogP contribution in [0.15, 0.2) is 12.4 Å². The summed E-state index contributed by atoms with van der Waals surface area (Å²) < 4.78 is 2.08. The second-order valence-corrected chi connectivity index (χ2v) is 4.80. The summed E-state index contributed by atoms with van der Waals surface area (Å²) >= 11 is 0. The van der Waals surface area contributed by atoms with Crippen molar-refractivity contribution in [3.63, 3.8) is 0 Å². The molecule has 1 aliphatic rings. The van der Waals surface area contributed by atoms with E-state index in [9.17, 15) is 0 Å². The zero-order chi connectivity index (χ0) is 11.2. The Kier molecular flexibility index (Phi) is 4.40. The van der Waals surface area contributed by atoms with Gasteiger partial charge in [-0.3, -0.25) is 4.68 Å². The number of nitrogens with zero attached hydrogens (tertiary/aromatic N) is 2. The van der Waals surface area contributed by atoms with E-state index in [1.54, 1.807) is 0 Å². The van der Waals surface area contributed by atoms with E-state index in [0.717, 1.165) is 25.6 Å². The summed E-state index contributed by atoms with van der Waals surface area (Å²) in [6, 6.07) is 0.840. The van der Waals surface area contributed by atoms with Crippen LogP contribution in [0.4, 0.5) is 0 Å². The Morgan fingerprint density at radius 3 is 3.06 bits per heavy atom. The van der Waals surface area contributed by atoms with E-state index in [0.29, 0.717) is 0 Å². The van der Waals surface area contributed by atoms with Gasteiger partial charge < -0.3 is 5.32 Å². The Bertz CT molecular complexity index is 302. The van der Waals surface area contributed by atoms with Crippen molar-refractivity contribution in [2.24, 2.45) is 0 Å². The molecule has 1 saturated carbocycles. The van der Waals surface area contributed by atoms with E-state index >= 15 is 0 Å². The number of aromatic nitrogens is 2. The Hall–Kier alpha value is -0.830. The Morgan fingerprint density at radius 1 is 1.44 bits per heavy atom. The Labute approximate surface area is 98.2 Å². The van der Waals surface area contributed by atoms with Crippen molar-refractivity contribution in [3.05, 3.63) is 18.0 Å². The fraction of sp³-hybridized carbons (Fsp3) is 0.769. The van der Waals surface area contributed by atoms with Crippen molar-refractivity contribution in [2.45, 2.75) is 58.0 Å². The predicted molar refractivity (Wildman–Crippen MR) is 66.5 cm³/mol. The number of hydrogen-bond donors (Lipinski definition) is 1. The maximum atomic E-state index is 4.38. The number of nitrogens with one attached hydrogen (secondary N) is 1. The molecule has 0 atom stereocenters. The molecule has 0 amide bonds. The SMILES string of the molecule is CCCCn1cc(CCCNC2CC2)cn1. The lowest BCUT2D eigenvalue weighted by molar-refractivity contribution is 0.571. The zero-order valence-electron chi connectivity index (χ0n) is 10.3. The minimum Gasteiger partial charge on any atom is -0.314 e. The highest BCUT2D eigenvalue weighted by atomic mass is 15.3. The molecule has 3 nitrogen and oxygen atoms in total. The van der Waals surface area contributed by atoms with Gasteiger partial charge in [-0.1, -0.05) is 13.3 Å². The van der Waals surface area contributed by atoms with E-state index in [1.165, 1.54) is 37.7 Å². The van der Waals surface area contributed by atoms with E-state index in [4.69, 9.17) is 0 Å².